The second-order valence-electron chi connectivity index (χ2n) is 14.4. The van der Waals surface area contributed by atoms with Gasteiger partial charge in [0, 0.05) is 97.5 Å². The molecule has 56 heavy (non-hydrogen) atoms. The Morgan fingerprint density at radius 1 is 0.946 bits per heavy atom. The number of aromatic hydroxyl groups is 1. The van der Waals surface area contributed by atoms with Gasteiger partial charge in [-0.25, -0.2) is 13.8 Å². The highest BCUT2D eigenvalue weighted by Gasteiger charge is 2.35. The lowest BCUT2D eigenvalue weighted by atomic mass is 9.92. The third kappa shape index (κ3) is 7.27. The number of carbonyl (C=O) groups excluding carboxylic acids is 2. The summed E-state index contributed by atoms with van der Waals surface area (Å²) in [4.78, 5) is 40.0. The van der Waals surface area contributed by atoms with Gasteiger partial charge in [0.1, 0.15) is 11.4 Å². The lowest BCUT2D eigenvalue weighted by Crippen LogP contribution is -2.52. The number of fused-ring (bicyclic) bond motifs is 2. The van der Waals surface area contributed by atoms with E-state index in [1.165, 1.54) is 22.6 Å². The first-order chi connectivity index (χ1) is 27.0. The standard InChI is InChI=1S/C43H41ClF2N6O4/c1-48-14-13-28-20-32(24-47-41(28)48)52(31-8-10-34(53)11-9-31)43(55)37-22-38(49(2)39(37)23-40(45)46)36-21-30(44)7-12-35(36)42(54)51-25-29-6-4-3-5-27(29)19-33(51)26-50-15-17-56-18-16-50/h3-14,20-22,24,33,40,53H,15-19,23,25-26H2,1-2H3/t33-/m0/s1. The van der Waals surface area contributed by atoms with Crippen LogP contribution >= 0.6 is 11.6 Å². The van der Waals surface area contributed by atoms with Crippen molar-refractivity contribution in [3.63, 3.8) is 0 Å². The Labute approximate surface area is 328 Å². The van der Waals surface area contributed by atoms with Crippen LogP contribution in [0.1, 0.15) is 37.5 Å². The molecule has 2 aliphatic heterocycles. The van der Waals surface area contributed by atoms with Gasteiger partial charge in [-0.15, -0.1) is 0 Å². The molecule has 288 valence electrons. The van der Waals surface area contributed by atoms with Gasteiger partial charge in [0.05, 0.1) is 30.7 Å². The third-order valence-corrected chi connectivity index (χ3v) is 11.1. The number of carbonyl (C=O) groups is 2. The number of phenolic OH excluding ortho intramolecular Hbond substituents is 1. The van der Waals surface area contributed by atoms with Crippen LogP contribution in [-0.2, 0) is 38.2 Å². The van der Waals surface area contributed by atoms with Crippen LogP contribution in [0.5, 0.6) is 5.75 Å². The Morgan fingerprint density at radius 2 is 1.70 bits per heavy atom. The second-order valence-corrected chi connectivity index (χ2v) is 14.8. The van der Waals surface area contributed by atoms with Crippen molar-refractivity contribution in [2.24, 2.45) is 14.1 Å². The van der Waals surface area contributed by atoms with Crippen LogP contribution in [0.2, 0.25) is 5.02 Å². The number of halogens is 3. The van der Waals surface area contributed by atoms with Crippen LogP contribution in [0.4, 0.5) is 20.2 Å². The predicted molar refractivity (Wildman–Crippen MR) is 212 cm³/mol. The lowest BCUT2D eigenvalue weighted by Gasteiger charge is -2.40. The zero-order valence-electron chi connectivity index (χ0n) is 31.0. The molecule has 3 aromatic heterocycles. The van der Waals surface area contributed by atoms with Crippen LogP contribution in [0.3, 0.4) is 0 Å². The number of morpholine rings is 1. The SMILES string of the molecule is Cn1c(-c2cc(Cl)ccc2C(=O)N2Cc3ccccc3C[C@H]2CN2CCOCC2)cc(C(=O)N(c2ccc(O)cc2)c2cnc3c(ccn3C)c2)c1CC(F)F. The first kappa shape index (κ1) is 37.4. The highest BCUT2D eigenvalue weighted by Crippen LogP contribution is 2.37. The summed E-state index contributed by atoms with van der Waals surface area (Å²) in [6.45, 7) is 3.89. The molecule has 0 saturated carbocycles. The monoisotopic (exact) mass is 778 g/mol. The summed E-state index contributed by atoms with van der Waals surface area (Å²) in [5, 5.41) is 11.2. The molecule has 0 spiro atoms. The number of aromatic nitrogens is 3. The van der Waals surface area contributed by atoms with E-state index in [9.17, 15) is 23.5 Å². The van der Waals surface area contributed by atoms with Crippen molar-refractivity contribution in [2.75, 3.05) is 37.7 Å². The zero-order chi connectivity index (χ0) is 39.1. The van der Waals surface area contributed by atoms with Crippen molar-refractivity contribution >= 4 is 45.8 Å². The summed E-state index contributed by atoms with van der Waals surface area (Å²) >= 11 is 6.62. The first-order valence-corrected chi connectivity index (χ1v) is 18.9. The first-order valence-electron chi connectivity index (χ1n) is 18.5. The summed E-state index contributed by atoms with van der Waals surface area (Å²) in [5.74, 6) is -0.805. The molecule has 1 fully saturated rings. The van der Waals surface area contributed by atoms with Gasteiger partial charge >= 0.3 is 0 Å². The number of hydrogen-bond donors (Lipinski definition) is 1. The predicted octanol–water partition coefficient (Wildman–Crippen LogP) is 7.62. The molecule has 3 aromatic carbocycles. The molecule has 13 heteroatoms. The molecule has 10 nitrogen and oxygen atoms in total. The number of amides is 2. The van der Waals surface area contributed by atoms with Gasteiger partial charge in [-0.1, -0.05) is 35.9 Å². The maximum atomic E-state index is 14.9. The fourth-order valence-electron chi connectivity index (χ4n) is 7.99. The number of rotatable bonds is 9. The molecule has 6 aromatic rings. The van der Waals surface area contributed by atoms with E-state index >= 15 is 0 Å². The Bertz CT molecular complexity index is 2420. The van der Waals surface area contributed by atoms with Crippen LogP contribution in [0.15, 0.2) is 97.3 Å². The van der Waals surface area contributed by atoms with Gasteiger partial charge in [0.15, 0.2) is 0 Å². The molecule has 0 aliphatic carbocycles. The van der Waals surface area contributed by atoms with E-state index in [1.54, 1.807) is 54.2 Å². The van der Waals surface area contributed by atoms with Crippen LogP contribution in [-0.4, -0.2) is 86.2 Å². The Kier molecular flexibility index (Phi) is 10.4. The number of alkyl halides is 2. The zero-order valence-corrected chi connectivity index (χ0v) is 31.8. The van der Waals surface area contributed by atoms with Crippen LogP contribution < -0.4 is 4.90 Å². The van der Waals surface area contributed by atoms with E-state index in [2.05, 4.69) is 16.0 Å². The third-order valence-electron chi connectivity index (χ3n) is 10.9. The number of benzene rings is 3. The van der Waals surface area contributed by atoms with E-state index in [0.29, 0.717) is 71.6 Å². The number of phenols is 1. The summed E-state index contributed by atoms with van der Waals surface area (Å²) in [6.07, 6.45) is 0.602. The average molecular weight is 779 g/mol. The Morgan fingerprint density at radius 3 is 2.45 bits per heavy atom. The lowest BCUT2D eigenvalue weighted by molar-refractivity contribution is 0.0193. The highest BCUT2D eigenvalue weighted by molar-refractivity contribution is 6.31. The topological polar surface area (TPSA) is 96.1 Å². The molecule has 1 N–H and O–H groups in total. The maximum absolute atomic E-state index is 14.9. The van der Waals surface area contributed by atoms with Gasteiger partial charge in [-0.2, -0.15) is 0 Å². The van der Waals surface area contributed by atoms with Crippen molar-refractivity contribution in [1.29, 1.82) is 0 Å². The minimum absolute atomic E-state index is 0.000651. The van der Waals surface area contributed by atoms with E-state index in [1.807, 2.05) is 53.0 Å². The fourth-order valence-corrected chi connectivity index (χ4v) is 8.16. The number of hydrogen-bond acceptors (Lipinski definition) is 6. The van der Waals surface area contributed by atoms with E-state index < -0.39 is 18.8 Å². The molecule has 0 bridgehead atoms. The molecule has 0 unspecified atom stereocenters. The highest BCUT2D eigenvalue weighted by atomic mass is 35.5. The van der Waals surface area contributed by atoms with Crippen molar-refractivity contribution in [3.8, 4) is 17.0 Å². The number of anilines is 2. The molecule has 1 atom stereocenters. The second kappa shape index (κ2) is 15.5. The van der Waals surface area contributed by atoms with Gasteiger partial charge in [0.25, 0.3) is 11.8 Å². The normalized spacial score (nSPS) is 16.0. The number of pyridine rings is 1. The van der Waals surface area contributed by atoms with E-state index in [4.69, 9.17) is 16.3 Å². The quantitative estimate of drug-likeness (QED) is 0.162. The Balaban J connectivity index is 1.23. The summed E-state index contributed by atoms with van der Waals surface area (Å²) in [5.41, 5.74) is 5.05. The maximum Gasteiger partial charge on any atom is 0.264 e. The van der Waals surface area contributed by atoms with Crippen LogP contribution in [0.25, 0.3) is 22.3 Å². The van der Waals surface area contributed by atoms with Crippen molar-refractivity contribution in [2.45, 2.75) is 31.9 Å². The van der Waals surface area contributed by atoms with Crippen molar-refractivity contribution < 1.29 is 28.2 Å². The Hall–Kier alpha value is -5.56. The molecule has 1 saturated heterocycles. The molecular formula is C43H41ClF2N6O4. The molecule has 2 amide bonds. The number of nitrogens with zero attached hydrogens (tertiary/aromatic N) is 6. The van der Waals surface area contributed by atoms with Crippen molar-refractivity contribution in [1.82, 2.24) is 23.9 Å². The van der Waals surface area contributed by atoms with Gasteiger partial charge in [-0.3, -0.25) is 19.4 Å². The number of ether oxygens (including phenoxy) is 1. The van der Waals surface area contributed by atoms with E-state index in [0.717, 1.165) is 24.0 Å². The molecule has 8 rings (SSSR count). The minimum Gasteiger partial charge on any atom is -0.508 e. The molecule has 0 radical (unpaired) electrons. The largest absolute Gasteiger partial charge is 0.508 e. The van der Waals surface area contributed by atoms with Gasteiger partial charge in [0.2, 0.25) is 6.43 Å². The molecule has 5 heterocycles. The average Bonchev–Trinajstić information content (AvgIpc) is 3.73. The van der Waals surface area contributed by atoms with Crippen molar-refractivity contribution in [3.05, 3.63) is 130 Å². The summed E-state index contributed by atoms with van der Waals surface area (Å²) in [6, 6.07) is 24.3. The van der Waals surface area contributed by atoms with Crippen LogP contribution in [0, 0.1) is 0 Å². The summed E-state index contributed by atoms with van der Waals surface area (Å²) in [7, 11) is 3.49. The fraction of sp³-hybridized carbons (Fsp3) is 0.279. The molecule has 2 aliphatic rings. The van der Waals surface area contributed by atoms with Gasteiger partial charge < -0.3 is 23.9 Å². The summed E-state index contributed by atoms with van der Waals surface area (Å²) < 4.78 is 37.9. The smallest absolute Gasteiger partial charge is 0.264 e. The number of aryl methyl sites for hydroxylation is 1. The molecular weight excluding hydrogens is 738 g/mol. The van der Waals surface area contributed by atoms with E-state index in [-0.39, 0.29) is 29.0 Å². The minimum atomic E-state index is -2.78. The van der Waals surface area contributed by atoms with Gasteiger partial charge in [-0.05, 0) is 78.2 Å².